The van der Waals surface area contributed by atoms with Crippen LogP contribution in [0.4, 0.5) is 0 Å². The summed E-state index contributed by atoms with van der Waals surface area (Å²) in [6.07, 6.45) is 0. The number of H-pyrrole nitrogens is 2. The molecule has 0 saturated heterocycles. The van der Waals surface area contributed by atoms with Crippen molar-refractivity contribution in [2.45, 2.75) is 0 Å². The van der Waals surface area contributed by atoms with Crippen LogP contribution in [-0.4, -0.2) is 41.0 Å². The Morgan fingerprint density at radius 3 is 3.00 bits per heavy atom. The van der Waals surface area contributed by atoms with E-state index in [1.807, 2.05) is 0 Å². The standard InChI is InChI=1S/C5H2N10O5/c16-14-2(4-7-12-13-8-4)1(10-20-14)3-6-5(19-11-3)9-15(17)18/h(H,6,9,11)(H,7,8,12,13). The fraction of sp³-hybridized carbons (Fsp3) is 0. The van der Waals surface area contributed by atoms with Gasteiger partial charge in [0, 0.05) is 0 Å². The lowest BCUT2D eigenvalue weighted by Gasteiger charge is -1.88. The van der Waals surface area contributed by atoms with Crippen LogP contribution in [-0.2, 0) is 0 Å². The molecule has 0 aliphatic carbocycles. The minimum Gasteiger partial charge on any atom is -0.359 e. The summed E-state index contributed by atoms with van der Waals surface area (Å²) in [6, 6.07) is 0. The van der Waals surface area contributed by atoms with E-state index in [4.69, 9.17) is 0 Å². The van der Waals surface area contributed by atoms with Gasteiger partial charge in [0.25, 0.3) is 17.2 Å². The van der Waals surface area contributed by atoms with E-state index in [1.165, 1.54) is 0 Å². The molecule has 20 heavy (non-hydrogen) atoms. The van der Waals surface area contributed by atoms with E-state index in [0.717, 1.165) is 0 Å². The maximum Gasteiger partial charge on any atom is 0.412 e. The number of aromatic nitrogens is 8. The lowest BCUT2D eigenvalue weighted by molar-refractivity contribution is -0.793. The first-order chi connectivity index (χ1) is 9.65. The second-order valence-corrected chi connectivity index (χ2v) is 3.15. The van der Waals surface area contributed by atoms with Crippen molar-refractivity contribution in [1.29, 1.82) is 0 Å². The lowest BCUT2D eigenvalue weighted by Crippen LogP contribution is -2.25. The highest BCUT2D eigenvalue weighted by Gasteiger charge is 2.29. The second-order valence-electron chi connectivity index (χ2n) is 3.15. The van der Waals surface area contributed by atoms with Crippen molar-refractivity contribution >= 4 is 0 Å². The Morgan fingerprint density at radius 1 is 1.45 bits per heavy atom. The molecule has 15 heteroatoms. The largest absolute Gasteiger partial charge is 0.412 e. The van der Waals surface area contributed by atoms with Gasteiger partial charge in [-0.05, 0) is 10.1 Å². The monoisotopic (exact) mass is 282 g/mol. The van der Waals surface area contributed by atoms with Crippen LogP contribution >= 0.6 is 0 Å². The van der Waals surface area contributed by atoms with Gasteiger partial charge in [0.2, 0.25) is 5.82 Å². The van der Waals surface area contributed by atoms with Gasteiger partial charge in [-0.3, -0.25) is 4.63 Å². The van der Waals surface area contributed by atoms with Gasteiger partial charge in [0.15, 0.2) is 5.03 Å². The first-order valence-corrected chi connectivity index (χ1v) is 4.73. The van der Waals surface area contributed by atoms with Gasteiger partial charge in [0.1, 0.15) is 5.10 Å². The van der Waals surface area contributed by atoms with Crippen LogP contribution in [0.3, 0.4) is 0 Å². The molecule has 2 N–H and O–H groups in total. The highest BCUT2D eigenvalue weighted by molar-refractivity contribution is 5.65. The van der Waals surface area contributed by atoms with Crippen molar-refractivity contribution in [3.63, 3.8) is 0 Å². The molecule has 0 fully saturated rings. The van der Waals surface area contributed by atoms with Crippen LogP contribution in [0.15, 0.2) is 14.3 Å². The first kappa shape index (κ1) is 11.4. The van der Waals surface area contributed by atoms with E-state index in [9.17, 15) is 15.3 Å². The first-order valence-electron chi connectivity index (χ1n) is 4.73. The predicted octanol–water partition coefficient (Wildman–Crippen LogP) is -2.44. The number of nitrogens with one attached hydrogen (secondary N) is 2. The van der Waals surface area contributed by atoms with Crippen LogP contribution in [0.1, 0.15) is 0 Å². The van der Waals surface area contributed by atoms with Crippen LogP contribution in [0.2, 0.25) is 0 Å². The zero-order valence-corrected chi connectivity index (χ0v) is 9.12. The van der Waals surface area contributed by atoms with Crippen LogP contribution in [0.25, 0.3) is 23.0 Å². The summed E-state index contributed by atoms with van der Waals surface area (Å²) in [5.74, 6) is -0.246. The Balaban J connectivity index is 2.12. The molecule has 3 rings (SSSR count). The van der Waals surface area contributed by atoms with Crippen molar-refractivity contribution < 1.29 is 19.1 Å². The Labute approximate surface area is 105 Å². The molecule has 0 aromatic carbocycles. The maximum absolute atomic E-state index is 11.5. The summed E-state index contributed by atoms with van der Waals surface area (Å²) in [4.78, 5) is 13.8. The molecule has 0 spiro atoms. The van der Waals surface area contributed by atoms with E-state index in [2.05, 4.69) is 50.2 Å². The molecule has 0 radical (unpaired) electrons. The molecule has 0 unspecified atom stereocenters. The molecule has 3 heterocycles. The summed E-state index contributed by atoms with van der Waals surface area (Å²) in [5.41, 5.74) is -0.907. The lowest BCUT2D eigenvalue weighted by atomic mass is 10.3. The minimum atomic E-state index is -1.000. The van der Waals surface area contributed by atoms with Gasteiger partial charge in [-0.25, -0.2) is 10.1 Å². The molecule has 3 aromatic rings. The fourth-order valence-corrected chi connectivity index (χ4v) is 1.30. The quantitative estimate of drug-likeness (QED) is 0.294. The number of nitro groups is 1. The second kappa shape index (κ2) is 4.23. The summed E-state index contributed by atoms with van der Waals surface area (Å²) < 4.78 is 9.00. The fourth-order valence-electron chi connectivity index (χ4n) is 1.30. The van der Waals surface area contributed by atoms with Crippen molar-refractivity contribution in [2.75, 3.05) is 0 Å². The van der Waals surface area contributed by atoms with Crippen molar-refractivity contribution in [3.05, 3.63) is 21.0 Å². The van der Waals surface area contributed by atoms with Gasteiger partial charge in [-0.2, -0.15) is 15.4 Å². The molecule has 15 nitrogen and oxygen atoms in total. The molecular formula is C5H2N10O5. The normalized spacial score (nSPS) is 11.9. The molecule has 3 aromatic heterocycles. The maximum atomic E-state index is 11.5. The summed E-state index contributed by atoms with van der Waals surface area (Å²) >= 11 is 0. The zero-order chi connectivity index (χ0) is 14.1. The molecule has 0 atom stereocenters. The molecule has 0 aliphatic rings. The van der Waals surface area contributed by atoms with Gasteiger partial charge < -0.3 is 9.73 Å². The molecule has 0 amide bonds. The highest BCUT2D eigenvalue weighted by Crippen LogP contribution is 2.20. The average Bonchev–Trinajstić information content (AvgIpc) is 3.07. The molecule has 0 saturated carbocycles. The van der Waals surface area contributed by atoms with Crippen molar-refractivity contribution in [2.24, 2.45) is 5.10 Å². The van der Waals surface area contributed by atoms with E-state index in [0.29, 0.717) is 0 Å². The number of hydrogen-bond donors (Lipinski definition) is 2. The summed E-state index contributed by atoms with van der Waals surface area (Å²) in [5, 5.41) is 41.7. The zero-order valence-electron chi connectivity index (χ0n) is 9.12. The molecule has 0 aliphatic heterocycles. The Hall–Kier alpha value is -3.65. The predicted molar refractivity (Wildman–Crippen MR) is 51.0 cm³/mol. The number of tetrazole rings is 1. The minimum absolute atomic E-state index is 0.0209. The van der Waals surface area contributed by atoms with E-state index >= 15 is 0 Å². The third kappa shape index (κ3) is 1.83. The Morgan fingerprint density at radius 2 is 2.30 bits per heavy atom. The van der Waals surface area contributed by atoms with Crippen LogP contribution < -0.4 is 10.6 Å². The molecular weight excluding hydrogens is 280 g/mol. The van der Waals surface area contributed by atoms with Crippen molar-refractivity contribution in [1.82, 2.24) is 35.9 Å². The van der Waals surface area contributed by atoms with Crippen LogP contribution in [0, 0.1) is 15.3 Å². The third-order valence-corrected chi connectivity index (χ3v) is 2.01. The summed E-state index contributed by atoms with van der Waals surface area (Å²) in [7, 11) is 0. The SMILES string of the molecule is O=[N+]([O-])/N=c1\nc(-c2no[n+]([O-])c2-c2nn[nH]n2)[nH]o1. The van der Waals surface area contributed by atoms with Crippen molar-refractivity contribution in [3.8, 4) is 23.0 Å². The van der Waals surface area contributed by atoms with Crippen LogP contribution in [0.5, 0.6) is 0 Å². The van der Waals surface area contributed by atoms with E-state index < -0.39 is 10.7 Å². The van der Waals surface area contributed by atoms with Gasteiger partial charge in [-0.15, -0.1) is 10.2 Å². The molecule has 0 bridgehead atoms. The number of aromatic amines is 2. The van der Waals surface area contributed by atoms with E-state index in [-0.39, 0.29) is 27.9 Å². The summed E-state index contributed by atoms with van der Waals surface area (Å²) in [6.45, 7) is 0. The number of hydrogen-bond acceptors (Lipinski definition) is 10. The van der Waals surface area contributed by atoms with Gasteiger partial charge in [0.05, 0.1) is 5.16 Å². The number of nitrogens with zero attached hydrogens (tertiary/aromatic N) is 8. The van der Waals surface area contributed by atoms with Gasteiger partial charge >= 0.3 is 5.68 Å². The smallest absolute Gasteiger partial charge is 0.359 e. The van der Waals surface area contributed by atoms with Gasteiger partial charge in [-0.1, -0.05) is 0 Å². The third-order valence-electron chi connectivity index (χ3n) is 2.01. The average molecular weight is 282 g/mol. The molecule has 102 valence electrons. The Bertz CT molecular complexity index is 809. The highest BCUT2D eigenvalue weighted by atomic mass is 16.8. The van der Waals surface area contributed by atoms with E-state index in [1.54, 1.807) is 0 Å². The topological polar surface area (TPSA) is 205 Å². The number of rotatable bonds is 3. The Kier molecular flexibility index (Phi) is 2.42.